The Morgan fingerprint density at radius 2 is 1.66 bits per heavy atom. The summed E-state index contributed by atoms with van der Waals surface area (Å²) < 4.78 is 26.4. The lowest BCUT2D eigenvalue weighted by Gasteiger charge is -2.20. The van der Waals surface area contributed by atoms with Crippen molar-refractivity contribution in [1.29, 1.82) is 0 Å². The zero-order chi connectivity index (χ0) is 22.8. The molecule has 0 N–H and O–H groups in total. The van der Waals surface area contributed by atoms with Crippen LogP contribution in [0.2, 0.25) is 0 Å². The largest absolute Gasteiger partial charge is 0.465 e. The molecule has 0 aliphatic carbocycles. The van der Waals surface area contributed by atoms with Crippen molar-refractivity contribution in [2.24, 2.45) is 0 Å². The third-order valence-corrected chi connectivity index (χ3v) is 5.65. The van der Waals surface area contributed by atoms with E-state index in [9.17, 15) is 9.59 Å². The zero-order valence-corrected chi connectivity index (χ0v) is 18.2. The van der Waals surface area contributed by atoms with E-state index < -0.39 is 17.8 Å². The maximum atomic E-state index is 15.2. The van der Waals surface area contributed by atoms with Crippen molar-refractivity contribution < 1.29 is 23.5 Å². The van der Waals surface area contributed by atoms with Crippen LogP contribution in [0.1, 0.15) is 39.3 Å². The Labute approximate surface area is 185 Å². The lowest BCUT2D eigenvalue weighted by atomic mass is 9.99. The number of ether oxygens (including phenoxy) is 2. The molecule has 0 amide bonds. The Kier molecular flexibility index (Phi) is 5.94. The van der Waals surface area contributed by atoms with Crippen molar-refractivity contribution in [2.45, 2.75) is 19.8 Å². The summed E-state index contributed by atoms with van der Waals surface area (Å²) in [5.41, 5.74) is 2.22. The van der Waals surface area contributed by atoms with Crippen LogP contribution in [0.4, 0.5) is 10.1 Å². The summed E-state index contributed by atoms with van der Waals surface area (Å²) >= 11 is 0. The predicted octanol–water partition coefficient (Wildman–Crippen LogP) is 4.16. The number of halogens is 1. The van der Waals surface area contributed by atoms with Gasteiger partial charge in [-0.1, -0.05) is 18.2 Å². The molecule has 7 nitrogen and oxygen atoms in total. The molecule has 1 aromatic heterocycles. The molecule has 1 fully saturated rings. The monoisotopic (exact) mass is 437 g/mol. The number of carbonyl (C=O) groups excluding carboxylic acids is 2. The minimum atomic E-state index is -0.758. The Morgan fingerprint density at radius 1 is 1.00 bits per heavy atom. The van der Waals surface area contributed by atoms with E-state index in [0.29, 0.717) is 16.9 Å². The van der Waals surface area contributed by atoms with E-state index in [2.05, 4.69) is 5.10 Å². The second kappa shape index (κ2) is 8.82. The van der Waals surface area contributed by atoms with Gasteiger partial charge in [-0.25, -0.2) is 18.7 Å². The fourth-order valence-electron chi connectivity index (χ4n) is 4.06. The molecule has 8 heteroatoms. The lowest BCUT2D eigenvalue weighted by molar-refractivity contribution is 0.0549. The minimum Gasteiger partial charge on any atom is -0.465 e. The first-order valence-electron chi connectivity index (χ1n) is 10.4. The van der Waals surface area contributed by atoms with Crippen LogP contribution in [-0.4, -0.2) is 49.0 Å². The van der Waals surface area contributed by atoms with Gasteiger partial charge in [-0.05, 0) is 49.6 Å². The number of anilines is 1. The molecule has 0 unspecified atom stereocenters. The van der Waals surface area contributed by atoms with E-state index >= 15 is 4.39 Å². The number of nitrogens with zero attached hydrogens (tertiary/aromatic N) is 3. The minimum absolute atomic E-state index is 0.0698. The summed E-state index contributed by atoms with van der Waals surface area (Å²) in [6.45, 7) is 3.44. The molecule has 0 spiro atoms. The van der Waals surface area contributed by atoms with Gasteiger partial charge in [-0.3, -0.25) is 0 Å². The molecular formula is C24H24FN3O4. The standard InChI is InChI=1S/C24H24FN3O4/c1-15-13-19(27-11-7-8-12-27)18(25)14-17(15)21-20(23(29)31-2)22(24(30)32-3)28(26-21)16-9-5-4-6-10-16/h4-6,9-10,13-14H,7-8,11-12H2,1-3H3. The summed E-state index contributed by atoms with van der Waals surface area (Å²) in [5, 5.41) is 4.55. The number of rotatable bonds is 5. The molecule has 1 saturated heterocycles. The molecule has 4 rings (SSSR count). The van der Waals surface area contributed by atoms with E-state index in [-0.39, 0.29) is 17.0 Å². The molecule has 2 aromatic carbocycles. The van der Waals surface area contributed by atoms with Gasteiger partial charge in [0.05, 0.1) is 25.6 Å². The van der Waals surface area contributed by atoms with Crippen molar-refractivity contribution in [2.75, 3.05) is 32.2 Å². The van der Waals surface area contributed by atoms with Crippen molar-refractivity contribution in [3.63, 3.8) is 0 Å². The smallest absolute Gasteiger partial charge is 0.357 e. The zero-order valence-electron chi connectivity index (χ0n) is 18.2. The van der Waals surface area contributed by atoms with Gasteiger partial charge in [-0.15, -0.1) is 0 Å². The Bertz CT molecular complexity index is 1170. The highest BCUT2D eigenvalue weighted by Crippen LogP contribution is 2.35. The van der Waals surface area contributed by atoms with E-state index in [4.69, 9.17) is 9.47 Å². The summed E-state index contributed by atoms with van der Waals surface area (Å²) in [5.74, 6) is -1.91. The second-order valence-electron chi connectivity index (χ2n) is 7.62. The average Bonchev–Trinajstić information content (AvgIpc) is 3.48. The van der Waals surface area contributed by atoms with Crippen LogP contribution < -0.4 is 4.90 Å². The van der Waals surface area contributed by atoms with Gasteiger partial charge in [0.25, 0.3) is 0 Å². The van der Waals surface area contributed by atoms with Gasteiger partial charge in [-0.2, -0.15) is 5.10 Å². The topological polar surface area (TPSA) is 73.7 Å². The molecule has 0 bridgehead atoms. The van der Waals surface area contributed by atoms with Crippen LogP contribution in [0.15, 0.2) is 42.5 Å². The normalized spacial score (nSPS) is 13.3. The Balaban J connectivity index is 1.96. The fourth-order valence-corrected chi connectivity index (χ4v) is 4.06. The van der Waals surface area contributed by atoms with Crippen molar-refractivity contribution in [3.8, 4) is 16.9 Å². The lowest BCUT2D eigenvalue weighted by Crippen LogP contribution is -2.19. The van der Waals surface area contributed by atoms with Crippen LogP contribution >= 0.6 is 0 Å². The van der Waals surface area contributed by atoms with E-state index in [0.717, 1.165) is 31.5 Å². The molecule has 0 atom stereocenters. The van der Waals surface area contributed by atoms with Crippen LogP contribution in [0, 0.1) is 12.7 Å². The number of hydrogen-bond donors (Lipinski definition) is 0. The summed E-state index contributed by atoms with van der Waals surface area (Å²) in [6, 6.07) is 12.0. The quantitative estimate of drug-likeness (QED) is 0.558. The number of aryl methyl sites for hydroxylation is 1. The summed E-state index contributed by atoms with van der Waals surface area (Å²) in [7, 11) is 2.44. The van der Waals surface area contributed by atoms with Crippen molar-refractivity contribution >= 4 is 17.6 Å². The van der Waals surface area contributed by atoms with Crippen LogP contribution in [0.25, 0.3) is 16.9 Å². The highest BCUT2D eigenvalue weighted by atomic mass is 19.1. The summed E-state index contributed by atoms with van der Waals surface area (Å²) in [6.07, 6.45) is 2.05. The number of hydrogen-bond acceptors (Lipinski definition) is 6. The third-order valence-electron chi connectivity index (χ3n) is 5.65. The predicted molar refractivity (Wildman–Crippen MR) is 118 cm³/mol. The Hall–Kier alpha value is -3.68. The number of benzene rings is 2. The van der Waals surface area contributed by atoms with Crippen LogP contribution in [0.5, 0.6) is 0 Å². The van der Waals surface area contributed by atoms with Gasteiger partial charge in [0, 0.05) is 18.7 Å². The fraction of sp³-hybridized carbons (Fsp3) is 0.292. The molecule has 3 aromatic rings. The summed E-state index contributed by atoms with van der Waals surface area (Å²) in [4.78, 5) is 27.5. The number of methoxy groups -OCH3 is 2. The first-order valence-corrected chi connectivity index (χ1v) is 10.4. The Morgan fingerprint density at radius 3 is 2.28 bits per heavy atom. The first kappa shape index (κ1) is 21.5. The molecule has 0 saturated carbocycles. The van der Waals surface area contributed by atoms with E-state index in [1.807, 2.05) is 17.9 Å². The second-order valence-corrected chi connectivity index (χ2v) is 7.62. The van der Waals surface area contributed by atoms with Crippen molar-refractivity contribution in [1.82, 2.24) is 9.78 Å². The van der Waals surface area contributed by atoms with Gasteiger partial charge in [0.2, 0.25) is 0 Å². The molecule has 32 heavy (non-hydrogen) atoms. The molecule has 1 aliphatic rings. The highest BCUT2D eigenvalue weighted by Gasteiger charge is 2.32. The van der Waals surface area contributed by atoms with Crippen molar-refractivity contribution in [3.05, 3.63) is 65.1 Å². The molecule has 2 heterocycles. The van der Waals surface area contributed by atoms with Gasteiger partial charge in [0.15, 0.2) is 5.69 Å². The van der Waals surface area contributed by atoms with E-state index in [1.54, 1.807) is 30.3 Å². The number of esters is 2. The van der Waals surface area contributed by atoms with Crippen LogP contribution in [0.3, 0.4) is 0 Å². The first-order chi connectivity index (χ1) is 15.5. The number of para-hydroxylation sites is 1. The average molecular weight is 437 g/mol. The van der Waals surface area contributed by atoms with Gasteiger partial charge in [0.1, 0.15) is 17.1 Å². The van der Waals surface area contributed by atoms with Gasteiger partial charge >= 0.3 is 11.9 Å². The highest BCUT2D eigenvalue weighted by molar-refractivity contribution is 6.07. The maximum Gasteiger partial charge on any atom is 0.357 e. The molecule has 1 aliphatic heterocycles. The van der Waals surface area contributed by atoms with Gasteiger partial charge < -0.3 is 14.4 Å². The van der Waals surface area contributed by atoms with E-state index in [1.165, 1.54) is 25.0 Å². The SMILES string of the molecule is COC(=O)c1c(-c2cc(F)c(N3CCCC3)cc2C)nn(-c2ccccc2)c1C(=O)OC. The van der Waals surface area contributed by atoms with Crippen LogP contribution in [-0.2, 0) is 9.47 Å². The number of aromatic nitrogens is 2. The third kappa shape index (κ3) is 3.72. The number of carbonyl (C=O) groups is 2. The molecular weight excluding hydrogens is 413 g/mol. The maximum absolute atomic E-state index is 15.2. The molecule has 166 valence electrons. The molecule has 0 radical (unpaired) electrons.